The topological polar surface area (TPSA) is 197 Å². The number of aromatic nitrogens is 4. The van der Waals surface area contributed by atoms with Crippen molar-refractivity contribution in [3.8, 4) is 22.5 Å². The molecule has 0 saturated heterocycles. The number of rotatable bonds is 18. The molecule has 15 nitrogen and oxygen atoms in total. The van der Waals surface area contributed by atoms with E-state index < -0.39 is 29.0 Å². The minimum absolute atomic E-state index is 0.0410. The third-order valence-electron chi connectivity index (χ3n) is 7.75. The Morgan fingerprint density at radius 1 is 1.02 bits per heavy atom. The first-order chi connectivity index (χ1) is 23.1. The average molecular weight is 665 g/mol. The van der Waals surface area contributed by atoms with E-state index in [-0.39, 0.29) is 49.3 Å². The lowest BCUT2D eigenvalue weighted by molar-refractivity contribution is -0.767. The monoisotopic (exact) mass is 664 g/mol. The molecule has 15 heteroatoms. The molecule has 1 unspecified atom stereocenters. The number of hydrogen-bond acceptors (Lipinski definition) is 12. The molecule has 0 fully saturated rings. The maximum Gasteiger partial charge on any atom is 0.519 e. The molecule has 4 rings (SSSR count). The number of nitrogens with zero attached hydrogens (tertiary/aromatic N) is 5. The average Bonchev–Trinajstić information content (AvgIpc) is 3.72. The van der Waals surface area contributed by atoms with E-state index in [2.05, 4.69) is 25.5 Å². The first-order valence-corrected chi connectivity index (χ1v) is 15.9. The highest BCUT2D eigenvalue weighted by Gasteiger charge is 2.34. The molecule has 0 aliphatic rings. The Kier molecular flexibility index (Phi) is 12.6. The molecular formula is C33H40N6O9. The normalized spacial score (nSPS) is 12.4. The molecule has 4 aromatic rings. The lowest BCUT2D eigenvalue weighted by atomic mass is 9.97. The van der Waals surface area contributed by atoms with Crippen LogP contribution in [-0.4, -0.2) is 54.6 Å². The zero-order valence-electron chi connectivity index (χ0n) is 27.4. The Labute approximate surface area is 276 Å². The van der Waals surface area contributed by atoms with Gasteiger partial charge in [0, 0.05) is 24.9 Å². The number of hydrogen-bond donors (Lipinski definition) is 1. The molecule has 0 aliphatic carbocycles. The number of ether oxygens (including phenoxy) is 1. The van der Waals surface area contributed by atoms with Crippen molar-refractivity contribution in [2.45, 2.75) is 91.5 Å². The number of esters is 1. The molecule has 48 heavy (non-hydrogen) atoms. The van der Waals surface area contributed by atoms with Gasteiger partial charge in [-0.25, -0.2) is 9.59 Å². The molecule has 1 amide bonds. The Balaban J connectivity index is 1.49. The van der Waals surface area contributed by atoms with Gasteiger partial charge in [-0.2, -0.15) is 5.21 Å². The SMILES string of the molecule is CCCCC(=O)N(Cc1ccc(-c2ccccc2-c2nn[nH]n2)cc1)[C@H](C(=O)OCc1oc(=O)oc1CCCC(C)O[N+](=O)[O-])C(C)C. The summed E-state index contributed by atoms with van der Waals surface area (Å²) in [6, 6.07) is 14.5. The van der Waals surface area contributed by atoms with E-state index in [4.69, 9.17) is 13.6 Å². The Morgan fingerprint density at radius 3 is 2.38 bits per heavy atom. The number of unbranched alkanes of at least 4 members (excludes halogenated alkanes) is 1. The number of benzene rings is 2. The summed E-state index contributed by atoms with van der Waals surface area (Å²) in [5, 5.41) is 24.0. The minimum Gasteiger partial charge on any atom is -0.456 e. The van der Waals surface area contributed by atoms with E-state index in [9.17, 15) is 24.5 Å². The number of aryl methyl sites for hydroxylation is 1. The number of amides is 1. The fraction of sp³-hybridized carbons (Fsp3) is 0.455. The van der Waals surface area contributed by atoms with Crippen LogP contribution < -0.4 is 5.82 Å². The van der Waals surface area contributed by atoms with Crippen molar-refractivity contribution >= 4 is 11.9 Å². The number of aromatic amines is 1. The van der Waals surface area contributed by atoms with Crippen LogP contribution in [0.15, 0.2) is 62.2 Å². The first-order valence-electron chi connectivity index (χ1n) is 15.9. The number of carbonyl (C=O) groups is 2. The lowest BCUT2D eigenvalue weighted by Gasteiger charge is -2.33. The second-order valence-corrected chi connectivity index (χ2v) is 11.7. The largest absolute Gasteiger partial charge is 0.519 e. The smallest absolute Gasteiger partial charge is 0.456 e. The van der Waals surface area contributed by atoms with E-state index in [0.717, 1.165) is 28.7 Å². The molecule has 2 atom stereocenters. The molecule has 0 bridgehead atoms. The molecule has 2 heterocycles. The molecule has 0 spiro atoms. The van der Waals surface area contributed by atoms with Gasteiger partial charge in [-0.3, -0.25) is 4.79 Å². The first kappa shape index (κ1) is 35.5. The summed E-state index contributed by atoms with van der Waals surface area (Å²) in [6.07, 6.45) is 2.03. The summed E-state index contributed by atoms with van der Waals surface area (Å²) >= 11 is 0. The van der Waals surface area contributed by atoms with Crippen LogP contribution in [0.1, 0.15) is 76.9 Å². The molecule has 2 aromatic heterocycles. The van der Waals surface area contributed by atoms with Crippen LogP contribution in [0.25, 0.3) is 22.5 Å². The third-order valence-corrected chi connectivity index (χ3v) is 7.75. The molecule has 0 aliphatic heterocycles. The fourth-order valence-electron chi connectivity index (χ4n) is 5.37. The van der Waals surface area contributed by atoms with Gasteiger partial charge in [0.1, 0.15) is 12.1 Å². The van der Waals surface area contributed by atoms with Gasteiger partial charge in [0.2, 0.25) is 11.7 Å². The molecule has 1 N–H and O–H groups in total. The zero-order valence-corrected chi connectivity index (χ0v) is 27.4. The van der Waals surface area contributed by atoms with E-state index >= 15 is 0 Å². The van der Waals surface area contributed by atoms with Crippen LogP contribution in [0.3, 0.4) is 0 Å². The van der Waals surface area contributed by atoms with Crippen LogP contribution in [0.5, 0.6) is 0 Å². The van der Waals surface area contributed by atoms with E-state index in [1.165, 1.54) is 0 Å². The van der Waals surface area contributed by atoms with Gasteiger partial charge in [-0.1, -0.05) is 75.7 Å². The Hall–Kier alpha value is -5.34. The quantitative estimate of drug-likeness (QED) is 0.0821. The van der Waals surface area contributed by atoms with Crippen molar-refractivity contribution < 1.29 is 33.1 Å². The second-order valence-electron chi connectivity index (χ2n) is 11.7. The summed E-state index contributed by atoms with van der Waals surface area (Å²) in [7, 11) is 0. The second kappa shape index (κ2) is 17.0. The summed E-state index contributed by atoms with van der Waals surface area (Å²) in [4.78, 5) is 55.7. The number of tetrazole rings is 1. The van der Waals surface area contributed by atoms with E-state index in [0.29, 0.717) is 25.1 Å². The lowest BCUT2D eigenvalue weighted by Crippen LogP contribution is -2.48. The van der Waals surface area contributed by atoms with Gasteiger partial charge in [0.25, 0.3) is 5.09 Å². The van der Waals surface area contributed by atoms with Crippen LogP contribution in [0, 0.1) is 16.0 Å². The third kappa shape index (κ3) is 9.59. The highest BCUT2D eigenvalue weighted by atomic mass is 17.0. The number of nitrogens with one attached hydrogen (secondary N) is 1. The highest BCUT2D eigenvalue weighted by molar-refractivity contribution is 5.85. The van der Waals surface area contributed by atoms with Crippen LogP contribution in [-0.2, 0) is 38.7 Å². The molecule has 0 saturated carbocycles. The standard InChI is InChI=1S/C33H40N6O9/c1-5-6-14-29(40)38(19-23-15-17-24(18-16-23)25-11-7-8-12-26(25)31-34-36-37-35-31)30(21(2)3)32(41)45-20-28-27(46-33(42)47-28)13-9-10-22(4)48-39(43)44/h7-8,11-12,15-18,21-22,30H,5-6,9-10,13-14,19-20H2,1-4H3,(H,34,35,36,37)/t22?,30-/m0/s1. The predicted molar refractivity (Wildman–Crippen MR) is 171 cm³/mol. The molecule has 0 radical (unpaired) electrons. The summed E-state index contributed by atoms with van der Waals surface area (Å²) in [5.74, 6) is -1.39. The fourth-order valence-corrected chi connectivity index (χ4v) is 5.37. The number of H-pyrrole nitrogens is 1. The van der Waals surface area contributed by atoms with Crippen molar-refractivity contribution in [1.82, 2.24) is 25.5 Å². The van der Waals surface area contributed by atoms with Gasteiger partial charge in [0.15, 0.2) is 18.1 Å². The molecular weight excluding hydrogens is 624 g/mol. The predicted octanol–water partition coefficient (Wildman–Crippen LogP) is 5.29. The van der Waals surface area contributed by atoms with Crippen molar-refractivity contribution in [1.29, 1.82) is 0 Å². The Morgan fingerprint density at radius 2 is 1.73 bits per heavy atom. The van der Waals surface area contributed by atoms with E-state index in [1.54, 1.807) is 11.8 Å². The minimum atomic E-state index is -0.953. The van der Waals surface area contributed by atoms with Crippen LogP contribution >= 0.6 is 0 Å². The van der Waals surface area contributed by atoms with Crippen molar-refractivity contribution in [2.24, 2.45) is 5.92 Å². The summed E-state index contributed by atoms with van der Waals surface area (Å²) in [6.45, 7) is 7.01. The maximum atomic E-state index is 13.6. The van der Waals surface area contributed by atoms with Gasteiger partial charge in [-0.05, 0) is 54.0 Å². The summed E-state index contributed by atoms with van der Waals surface area (Å²) < 4.78 is 15.9. The van der Waals surface area contributed by atoms with Crippen LogP contribution in [0.2, 0.25) is 0 Å². The van der Waals surface area contributed by atoms with Crippen molar-refractivity contribution in [3.05, 3.63) is 86.3 Å². The van der Waals surface area contributed by atoms with Gasteiger partial charge in [0.05, 0.1) is 0 Å². The van der Waals surface area contributed by atoms with Crippen molar-refractivity contribution in [3.63, 3.8) is 0 Å². The van der Waals surface area contributed by atoms with Gasteiger partial charge in [-0.15, -0.1) is 20.3 Å². The molecule has 2 aromatic carbocycles. The molecule has 256 valence electrons. The summed E-state index contributed by atoms with van der Waals surface area (Å²) in [5.41, 5.74) is 3.46. The number of carbonyl (C=O) groups excluding carboxylic acids is 2. The highest BCUT2D eigenvalue weighted by Crippen LogP contribution is 2.30. The van der Waals surface area contributed by atoms with E-state index in [1.807, 2.05) is 69.3 Å². The zero-order chi connectivity index (χ0) is 34.6. The van der Waals surface area contributed by atoms with Gasteiger partial charge < -0.3 is 23.3 Å². The van der Waals surface area contributed by atoms with Gasteiger partial charge >= 0.3 is 11.8 Å². The van der Waals surface area contributed by atoms with Crippen LogP contribution in [0.4, 0.5) is 0 Å². The Bertz CT molecular complexity index is 1700. The maximum absolute atomic E-state index is 13.6. The van der Waals surface area contributed by atoms with Crippen molar-refractivity contribution in [2.75, 3.05) is 0 Å².